The lowest BCUT2D eigenvalue weighted by Gasteiger charge is -1.96. The number of aromatic nitrogens is 1. The molecule has 0 bridgehead atoms. The van der Waals surface area contributed by atoms with Gasteiger partial charge in [0.1, 0.15) is 11.5 Å². The fourth-order valence-corrected chi connectivity index (χ4v) is 1.54. The van der Waals surface area contributed by atoms with Gasteiger partial charge in [-0.15, -0.1) is 11.6 Å². The number of carbonyl (C=O) groups is 1. The highest BCUT2D eigenvalue weighted by molar-refractivity contribution is 6.17. The number of rotatable bonds is 3. The van der Waals surface area contributed by atoms with Crippen molar-refractivity contribution in [3.05, 3.63) is 42.0 Å². The van der Waals surface area contributed by atoms with Crippen LogP contribution in [-0.2, 0) is 5.88 Å². The first-order valence-electron chi connectivity index (χ1n) is 4.56. The van der Waals surface area contributed by atoms with Crippen molar-refractivity contribution in [2.24, 2.45) is 0 Å². The number of carboxylic acids is 1. The molecule has 82 valence electrons. The molecule has 16 heavy (non-hydrogen) atoms. The van der Waals surface area contributed by atoms with Gasteiger partial charge in [0, 0.05) is 5.56 Å². The van der Waals surface area contributed by atoms with E-state index in [9.17, 15) is 4.79 Å². The lowest BCUT2D eigenvalue weighted by Crippen LogP contribution is -1.95. The molecule has 1 aromatic heterocycles. The molecule has 0 aliphatic heterocycles. The van der Waals surface area contributed by atoms with Gasteiger partial charge in [-0.25, -0.2) is 9.78 Å². The van der Waals surface area contributed by atoms with Crippen molar-refractivity contribution in [1.29, 1.82) is 0 Å². The van der Waals surface area contributed by atoms with Crippen molar-refractivity contribution in [2.45, 2.75) is 5.88 Å². The number of halogens is 1. The van der Waals surface area contributed by atoms with Crippen molar-refractivity contribution >= 4 is 17.6 Å². The van der Waals surface area contributed by atoms with Crippen LogP contribution in [0, 0.1) is 0 Å². The Morgan fingerprint density at radius 1 is 1.38 bits per heavy atom. The summed E-state index contributed by atoms with van der Waals surface area (Å²) in [6, 6.07) is 9.17. The fourth-order valence-electron chi connectivity index (χ4n) is 1.36. The number of carboxylic acid groups (broad SMARTS) is 1. The first-order valence-corrected chi connectivity index (χ1v) is 5.10. The molecule has 0 unspecified atom stereocenters. The van der Waals surface area contributed by atoms with E-state index in [4.69, 9.17) is 21.1 Å². The molecule has 1 heterocycles. The van der Waals surface area contributed by atoms with Crippen molar-refractivity contribution < 1.29 is 14.3 Å². The molecule has 0 spiro atoms. The SMILES string of the molecule is O=C(O)c1nc(-c2ccccc2)c(CCl)o1. The van der Waals surface area contributed by atoms with Gasteiger partial charge in [0.05, 0.1) is 5.88 Å². The molecule has 5 heteroatoms. The summed E-state index contributed by atoms with van der Waals surface area (Å²) < 4.78 is 5.04. The average Bonchev–Trinajstić information content (AvgIpc) is 2.74. The van der Waals surface area contributed by atoms with E-state index >= 15 is 0 Å². The molecule has 1 aromatic carbocycles. The number of benzene rings is 1. The Bertz CT molecular complexity index is 507. The van der Waals surface area contributed by atoms with E-state index in [0.29, 0.717) is 11.5 Å². The maximum Gasteiger partial charge on any atom is 0.392 e. The van der Waals surface area contributed by atoms with Crippen LogP contribution in [0.4, 0.5) is 0 Å². The van der Waals surface area contributed by atoms with Crippen LogP contribution < -0.4 is 0 Å². The number of nitrogens with zero attached hydrogens (tertiary/aromatic N) is 1. The van der Waals surface area contributed by atoms with Gasteiger partial charge in [-0.3, -0.25) is 0 Å². The smallest absolute Gasteiger partial charge is 0.392 e. The second-order valence-corrected chi connectivity index (χ2v) is 3.36. The molecule has 0 amide bonds. The normalized spacial score (nSPS) is 10.3. The quantitative estimate of drug-likeness (QED) is 0.834. The van der Waals surface area contributed by atoms with Crippen LogP contribution in [0.25, 0.3) is 11.3 Å². The predicted molar refractivity (Wildman–Crippen MR) is 58.5 cm³/mol. The minimum atomic E-state index is -1.20. The molecule has 0 radical (unpaired) electrons. The molecule has 0 saturated heterocycles. The van der Waals surface area contributed by atoms with Gasteiger partial charge in [0.15, 0.2) is 0 Å². The van der Waals surface area contributed by atoms with Crippen LogP contribution in [-0.4, -0.2) is 16.1 Å². The predicted octanol–water partition coefficient (Wildman–Crippen LogP) is 2.78. The van der Waals surface area contributed by atoms with Crippen LogP contribution >= 0.6 is 11.6 Å². The highest BCUT2D eigenvalue weighted by Gasteiger charge is 2.18. The zero-order valence-corrected chi connectivity index (χ0v) is 8.94. The Kier molecular flexibility index (Phi) is 2.92. The molecule has 0 aliphatic rings. The zero-order valence-electron chi connectivity index (χ0n) is 8.18. The average molecular weight is 238 g/mol. The monoisotopic (exact) mass is 237 g/mol. The molecule has 1 N–H and O–H groups in total. The van der Waals surface area contributed by atoms with Gasteiger partial charge >= 0.3 is 11.9 Å². The van der Waals surface area contributed by atoms with Crippen LogP contribution in [0.15, 0.2) is 34.7 Å². The number of hydrogen-bond acceptors (Lipinski definition) is 3. The molecule has 4 nitrogen and oxygen atoms in total. The summed E-state index contributed by atoms with van der Waals surface area (Å²) in [7, 11) is 0. The summed E-state index contributed by atoms with van der Waals surface area (Å²) in [5, 5.41) is 8.77. The molecular formula is C11H8ClNO3. The second kappa shape index (κ2) is 4.37. The maximum absolute atomic E-state index is 10.7. The largest absolute Gasteiger partial charge is 0.474 e. The van der Waals surface area contributed by atoms with Gasteiger partial charge in [0.2, 0.25) is 0 Å². The van der Waals surface area contributed by atoms with E-state index < -0.39 is 5.97 Å². The van der Waals surface area contributed by atoms with E-state index in [2.05, 4.69) is 4.98 Å². The fraction of sp³-hybridized carbons (Fsp3) is 0.0909. The third-order valence-electron chi connectivity index (χ3n) is 2.05. The number of oxazole rings is 1. The Labute approximate surface area is 96.5 Å². The summed E-state index contributed by atoms with van der Waals surface area (Å²) >= 11 is 5.67. The van der Waals surface area contributed by atoms with Crippen molar-refractivity contribution in [1.82, 2.24) is 4.98 Å². The Morgan fingerprint density at radius 2 is 2.06 bits per heavy atom. The molecule has 0 aliphatic carbocycles. The molecule has 0 saturated carbocycles. The minimum absolute atomic E-state index is 0.0878. The number of aromatic carboxylic acids is 1. The zero-order chi connectivity index (χ0) is 11.5. The molecule has 2 aromatic rings. The number of hydrogen-bond donors (Lipinski definition) is 1. The Balaban J connectivity index is 2.52. The highest BCUT2D eigenvalue weighted by atomic mass is 35.5. The van der Waals surface area contributed by atoms with Gasteiger partial charge < -0.3 is 9.52 Å². The van der Waals surface area contributed by atoms with E-state index in [1.165, 1.54) is 0 Å². The first kappa shape index (κ1) is 10.7. The van der Waals surface area contributed by atoms with Gasteiger partial charge in [0.25, 0.3) is 0 Å². The molecule has 0 atom stereocenters. The molecular weight excluding hydrogens is 230 g/mol. The maximum atomic E-state index is 10.7. The van der Waals surface area contributed by atoms with Gasteiger partial charge in [-0.2, -0.15) is 0 Å². The third kappa shape index (κ3) is 1.92. The van der Waals surface area contributed by atoms with E-state index in [-0.39, 0.29) is 11.8 Å². The lowest BCUT2D eigenvalue weighted by atomic mass is 10.1. The van der Waals surface area contributed by atoms with E-state index in [1.807, 2.05) is 30.3 Å². The standard InChI is InChI=1S/C11H8ClNO3/c12-6-8-9(7-4-2-1-3-5-7)13-10(16-8)11(14)15/h1-5H,6H2,(H,14,15). The van der Waals surface area contributed by atoms with Crippen LogP contribution in [0.2, 0.25) is 0 Å². The van der Waals surface area contributed by atoms with Crippen LogP contribution in [0.1, 0.15) is 16.4 Å². The van der Waals surface area contributed by atoms with Crippen LogP contribution in [0.5, 0.6) is 0 Å². The Hall–Kier alpha value is -1.81. The summed E-state index contributed by atoms with van der Waals surface area (Å²) in [5.41, 5.74) is 1.27. The van der Waals surface area contributed by atoms with Gasteiger partial charge in [-0.1, -0.05) is 30.3 Å². The van der Waals surface area contributed by atoms with Crippen molar-refractivity contribution in [3.8, 4) is 11.3 Å². The molecule has 0 fully saturated rings. The second-order valence-electron chi connectivity index (χ2n) is 3.10. The summed E-state index contributed by atoms with van der Waals surface area (Å²) in [6.07, 6.45) is 0. The first-order chi connectivity index (χ1) is 7.72. The van der Waals surface area contributed by atoms with Gasteiger partial charge in [-0.05, 0) is 0 Å². The van der Waals surface area contributed by atoms with E-state index in [1.54, 1.807) is 0 Å². The lowest BCUT2D eigenvalue weighted by molar-refractivity contribution is 0.0652. The number of alkyl halides is 1. The van der Waals surface area contributed by atoms with Crippen molar-refractivity contribution in [2.75, 3.05) is 0 Å². The Morgan fingerprint density at radius 3 is 2.62 bits per heavy atom. The third-order valence-corrected chi connectivity index (χ3v) is 2.29. The highest BCUT2D eigenvalue weighted by Crippen LogP contribution is 2.25. The van der Waals surface area contributed by atoms with Crippen LogP contribution in [0.3, 0.4) is 0 Å². The topological polar surface area (TPSA) is 63.3 Å². The summed E-state index contributed by atoms with van der Waals surface area (Å²) in [4.78, 5) is 14.6. The minimum Gasteiger partial charge on any atom is -0.474 e. The molecule has 2 rings (SSSR count). The van der Waals surface area contributed by atoms with E-state index in [0.717, 1.165) is 5.56 Å². The summed E-state index contributed by atoms with van der Waals surface area (Å²) in [6.45, 7) is 0. The summed E-state index contributed by atoms with van der Waals surface area (Å²) in [5.74, 6) is -1.09. The van der Waals surface area contributed by atoms with Crippen molar-refractivity contribution in [3.63, 3.8) is 0 Å².